The summed E-state index contributed by atoms with van der Waals surface area (Å²) in [7, 11) is 0. The van der Waals surface area contributed by atoms with Crippen LogP contribution in [0.1, 0.15) is 133 Å². The fourth-order valence-corrected chi connectivity index (χ4v) is 9.99. The third kappa shape index (κ3) is 6.54. The van der Waals surface area contributed by atoms with Crippen molar-refractivity contribution >= 4 is 11.4 Å². The second-order valence-corrected chi connectivity index (χ2v) is 14.0. The van der Waals surface area contributed by atoms with Gasteiger partial charge in [0.25, 0.3) is 0 Å². The standard InChI is InChI=1S/C33H52N2O.2C2H6/c1-21(2)7-6-8-22(3)27-12-13-28-26-11-9-23-19-25(36-31-14-10-24(34)20-30(31)35)15-17-32(23,4)29(26)16-18-33(27,28)5;2*1-2/h7,10,14,20,22-23,25-29H,6,8-9,11-13,15-19,34-35H2,1-5H3;2*1-2H3. The molecule has 4 saturated carbocycles. The number of hydrogen-bond acceptors (Lipinski definition) is 3. The Kier molecular flexibility index (Phi) is 11.5. The molecule has 0 spiro atoms. The van der Waals surface area contributed by atoms with Crippen LogP contribution in [0.2, 0.25) is 0 Å². The highest BCUT2D eigenvalue weighted by Crippen LogP contribution is 2.68. The molecule has 40 heavy (non-hydrogen) atoms. The first-order valence-corrected chi connectivity index (χ1v) is 17.1. The van der Waals surface area contributed by atoms with Crippen LogP contribution in [0.25, 0.3) is 0 Å². The zero-order valence-electron chi connectivity index (χ0n) is 27.7. The van der Waals surface area contributed by atoms with Crippen LogP contribution in [0.3, 0.4) is 0 Å². The van der Waals surface area contributed by atoms with Gasteiger partial charge in [-0.05, 0) is 149 Å². The fraction of sp³-hybridized carbons (Fsp3) is 0.784. The van der Waals surface area contributed by atoms with E-state index in [4.69, 9.17) is 16.2 Å². The van der Waals surface area contributed by atoms with Gasteiger partial charge in [0, 0.05) is 5.69 Å². The van der Waals surface area contributed by atoms with E-state index in [2.05, 4.69) is 40.7 Å². The second kappa shape index (κ2) is 14.0. The minimum absolute atomic E-state index is 0.289. The Morgan fingerprint density at radius 3 is 2.27 bits per heavy atom. The topological polar surface area (TPSA) is 61.3 Å². The van der Waals surface area contributed by atoms with Crippen LogP contribution < -0.4 is 16.2 Å². The Morgan fingerprint density at radius 1 is 0.925 bits per heavy atom. The molecule has 0 radical (unpaired) electrons. The highest BCUT2D eigenvalue weighted by atomic mass is 16.5. The highest BCUT2D eigenvalue weighted by Gasteiger charge is 2.60. The van der Waals surface area contributed by atoms with Gasteiger partial charge >= 0.3 is 0 Å². The van der Waals surface area contributed by atoms with Crippen molar-refractivity contribution in [3.05, 3.63) is 29.8 Å². The van der Waals surface area contributed by atoms with Crippen LogP contribution >= 0.6 is 0 Å². The lowest BCUT2D eigenvalue weighted by atomic mass is 9.44. The Morgan fingerprint density at radius 2 is 1.60 bits per heavy atom. The average Bonchev–Trinajstić information content (AvgIpc) is 3.30. The molecule has 1 aromatic rings. The zero-order chi connectivity index (χ0) is 29.7. The fourth-order valence-electron chi connectivity index (χ4n) is 9.99. The highest BCUT2D eigenvalue weighted by molar-refractivity contribution is 5.60. The second-order valence-electron chi connectivity index (χ2n) is 14.0. The van der Waals surface area contributed by atoms with E-state index in [1.54, 1.807) is 0 Å². The number of ether oxygens (including phenoxy) is 1. The summed E-state index contributed by atoms with van der Waals surface area (Å²) < 4.78 is 6.46. The largest absolute Gasteiger partial charge is 0.488 e. The van der Waals surface area contributed by atoms with Crippen molar-refractivity contribution in [2.24, 2.45) is 46.3 Å². The Bertz CT molecular complexity index is 967. The van der Waals surface area contributed by atoms with E-state index in [-0.39, 0.29) is 6.10 Å². The van der Waals surface area contributed by atoms with Gasteiger partial charge in [-0.1, -0.05) is 60.1 Å². The average molecular weight is 553 g/mol. The maximum Gasteiger partial charge on any atom is 0.142 e. The van der Waals surface area contributed by atoms with Crippen LogP contribution in [0.5, 0.6) is 5.75 Å². The number of benzene rings is 1. The quantitative estimate of drug-likeness (QED) is 0.272. The molecule has 0 heterocycles. The molecular weight excluding hydrogens is 488 g/mol. The molecule has 4 N–H and O–H groups in total. The van der Waals surface area contributed by atoms with Gasteiger partial charge < -0.3 is 16.2 Å². The Labute approximate surface area is 248 Å². The smallest absolute Gasteiger partial charge is 0.142 e. The summed E-state index contributed by atoms with van der Waals surface area (Å²) in [4.78, 5) is 0. The molecule has 3 nitrogen and oxygen atoms in total. The van der Waals surface area contributed by atoms with E-state index < -0.39 is 0 Å². The molecule has 3 heteroatoms. The zero-order valence-corrected chi connectivity index (χ0v) is 27.7. The summed E-state index contributed by atoms with van der Waals surface area (Å²) in [5.41, 5.74) is 16.0. The van der Waals surface area contributed by atoms with Gasteiger partial charge in [0.15, 0.2) is 0 Å². The summed E-state index contributed by atoms with van der Waals surface area (Å²) in [6.45, 7) is 20.4. The van der Waals surface area contributed by atoms with Crippen LogP contribution in [0, 0.1) is 46.3 Å². The molecule has 0 amide bonds. The molecule has 4 aliphatic rings. The number of nitrogen functional groups attached to an aromatic ring is 2. The number of allylic oxidation sites excluding steroid dienone is 2. The van der Waals surface area contributed by atoms with Crippen molar-refractivity contribution in [1.82, 2.24) is 0 Å². The lowest BCUT2D eigenvalue weighted by molar-refractivity contribution is -0.126. The SMILES string of the molecule is CC.CC.CC(C)=CCCC(C)C1CCC2C3CCC4CC(Oc5ccc(N)cc5N)CCC4(C)C3CCC12C. The molecule has 0 aliphatic heterocycles. The van der Waals surface area contributed by atoms with E-state index in [0.29, 0.717) is 22.2 Å². The van der Waals surface area contributed by atoms with Crippen molar-refractivity contribution in [2.75, 3.05) is 11.5 Å². The molecule has 0 aromatic heterocycles. The number of hydrogen-bond donors (Lipinski definition) is 2. The monoisotopic (exact) mass is 553 g/mol. The number of anilines is 2. The van der Waals surface area contributed by atoms with Crippen LogP contribution in [0.15, 0.2) is 29.8 Å². The molecule has 4 aliphatic carbocycles. The summed E-state index contributed by atoms with van der Waals surface area (Å²) >= 11 is 0. The first-order chi connectivity index (χ1) is 19.1. The third-order valence-corrected chi connectivity index (χ3v) is 11.9. The van der Waals surface area contributed by atoms with Gasteiger partial charge in [-0.25, -0.2) is 0 Å². The molecular formula is C37H64N2O. The molecule has 228 valence electrons. The maximum absolute atomic E-state index is 6.46. The van der Waals surface area contributed by atoms with Gasteiger partial charge in [0.1, 0.15) is 5.75 Å². The van der Waals surface area contributed by atoms with E-state index in [1.165, 1.54) is 69.8 Å². The Balaban J connectivity index is 0.00000106. The van der Waals surface area contributed by atoms with Crippen molar-refractivity contribution < 1.29 is 4.74 Å². The third-order valence-electron chi connectivity index (χ3n) is 11.9. The van der Waals surface area contributed by atoms with Crippen molar-refractivity contribution in [3.8, 4) is 5.75 Å². The van der Waals surface area contributed by atoms with E-state index >= 15 is 0 Å². The molecule has 0 bridgehead atoms. The summed E-state index contributed by atoms with van der Waals surface area (Å²) in [6.07, 6.45) is 17.7. The first kappa shape index (κ1) is 32.9. The number of fused-ring (bicyclic) bond motifs is 5. The van der Waals surface area contributed by atoms with Crippen LogP contribution in [0.4, 0.5) is 11.4 Å². The number of rotatable bonds is 6. The minimum Gasteiger partial charge on any atom is -0.488 e. The first-order valence-electron chi connectivity index (χ1n) is 17.1. The molecule has 1 aromatic carbocycles. The van der Waals surface area contributed by atoms with Gasteiger partial charge in [-0.3, -0.25) is 0 Å². The summed E-state index contributed by atoms with van der Waals surface area (Å²) in [5, 5.41) is 0. The van der Waals surface area contributed by atoms with Crippen molar-refractivity contribution in [2.45, 2.75) is 139 Å². The van der Waals surface area contributed by atoms with Gasteiger partial charge in [-0.15, -0.1) is 0 Å². The van der Waals surface area contributed by atoms with Crippen molar-refractivity contribution in [1.29, 1.82) is 0 Å². The predicted molar refractivity (Wildman–Crippen MR) is 175 cm³/mol. The van der Waals surface area contributed by atoms with Gasteiger partial charge in [0.2, 0.25) is 0 Å². The van der Waals surface area contributed by atoms with Crippen LogP contribution in [-0.4, -0.2) is 6.10 Å². The van der Waals surface area contributed by atoms with E-state index in [1.807, 2.05) is 45.9 Å². The van der Waals surface area contributed by atoms with Gasteiger partial charge in [0.05, 0.1) is 11.8 Å². The van der Waals surface area contributed by atoms with Gasteiger partial charge in [-0.2, -0.15) is 0 Å². The Hall–Kier alpha value is -1.64. The molecule has 9 atom stereocenters. The molecule has 5 rings (SSSR count). The normalized spacial score (nSPS) is 36.7. The molecule has 0 saturated heterocycles. The molecule has 9 unspecified atom stereocenters. The van der Waals surface area contributed by atoms with E-state index in [0.717, 1.165) is 47.7 Å². The van der Waals surface area contributed by atoms with Crippen LogP contribution in [-0.2, 0) is 0 Å². The number of nitrogens with two attached hydrogens (primary N) is 2. The van der Waals surface area contributed by atoms with Crippen molar-refractivity contribution in [3.63, 3.8) is 0 Å². The van der Waals surface area contributed by atoms with E-state index in [9.17, 15) is 0 Å². The lowest BCUT2D eigenvalue weighted by Crippen LogP contribution is -2.54. The predicted octanol–water partition coefficient (Wildman–Crippen LogP) is 10.7. The summed E-state index contributed by atoms with van der Waals surface area (Å²) in [6, 6.07) is 5.68. The molecule has 4 fully saturated rings. The minimum atomic E-state index is 0.289. The summed E-state index contributed by atoms with van der Waals surface area (Å²) in [5.74, 6) is 6.20. The maximum atomic E-state index is 6.46. The lowest BCUT2D eigenvalue weighted by Gasteiger charge is -2.61.